The second kappa shape index (κ2) is 6.26. The minimum absolute atomic E-state index is 0.199. The number of thiophene rings is 1. The van der Waals surface area contributed by atoms with E-state index in [1.807, 2.05) is 11.3 Å². The fourth-order valence-corrected chi connectivity index (χ4v) is 2.19. The smallest absolute Gasteiger partial charge is 0.0436 e. The minimum Gasteiger partial charge on any atom is -0.396 e. The van der Waals surface area contributed by atoms with Crippen LogP contribution in [0.25, 0.3) is 0 Å². The van der Waals surface area contributed by atoms with Crippen LogP contribution in [0.2, 0.25) is 0 Å². The molecule has 0 amide bonds. The Balaban J connectivity index is 2.11. The summed E-state index contributed by atoms with van der Waals surface area (Å²) in [6.07, 6.45) is 1.96. The Morgan fingerprint density at radius 2 is 2.27 bits per heavy atom. The van der Waals surface area contributed by atoms with E-state index in [9.17, 15) is 0 Å². The number of aliphatic hydroxyl groups excluding tert-OH is 1. The first kappa shape index (κ1) is 12.7. The van der Waals surface area contributed by atoms with Crippen molar-refractivity contribution < 1.29 is 5.11 Å². The molecule has 1 aromatic rings. The Bertz CT molecular complexity index is 257. The topological polar surface area (TPSA) is 32.3 Å². The summed E-state index contributed by atoms with van der Waals surface area (Å²) in [6.45, 7) is 6.64. The van der Waals surface area contributed by atoms with Gasteiger partial charge in [-0.05, 0) is 36.2 Å². The second-order valence-electron chi connectivity index (χ2n) is 4.64. The molecule has 0 fully saturated rings. The van der Waals surface area contributed by atoms with Gasteiger partial charge in [-0.15, -0.1) is 11.3 Å². The van der Waals surface area contributed by atoms with Gasteiger partial charge in [0, 0.05) is 18.0 Å². The predicted octanol–water partition coefficient (Wildman–Crippen LogP) is 2.29. The number of nitrogens with one attached hydrogen (secondary N) is 1. The largest absolute Gasteiger partial charge is 0.396 e. The molecule has 0 aliphatic rings. The molecule has 15 heavy (non-hydrogen) atoms. The molecule has 0 spiro atoms. The van der Waals surface area contributed by atoms with Gasteiger partial charge in [0.2, 0.25) is 0 Å². The summed E-state index contributed by atoms with van der Waals surface area (Å²) in [7, 11) is 0. The first-order valence-electron chi connectivity index (χ1n) is 5.48. The van der Waals surface area contributed by atoms with Crippen molar-refractivity contribution in [3.63, 3.8) is 0 Å². The van der Waals surface area contributed by atoms with Crippen LogP contribution < -0.4 is 5.32 Å². The predicted molar refractivity (Wildman–Crippen MR) is 66.4 cm³/mol. The van der Waals surface area contributed by atoms with Crippen LogP contribution in [-0.2, 0) is 6.42 Å². The van der Waals surface area contributed by atoms with E-state index in [0.29, 0.717) is 0 Å². The van der Waals surface area contributed by atoms with E-state index in [0.717, 1.165) is 25.9 Å². The molecule has 0 aliphatic heterocycles. The van der Waals surface area contributed by atoms with Crippen molar-refractivity contribution in [3.05, 3.63) is 22.4 Å². The van der Waals surface area contributed by atoms with Crippen LogP contribution >= 0.6 is 11.3 Å². The van der Waals surface area contributed by atoms with Gasteiger partial charge in [-0.2, -0.15) is 0 Å². The van der Waals surface area contributed by atoms with E-state index < -0.39 is 0 Å². The van der Waals surface area contributed by atoms with E-state index in [2.05, 4.69) is 36.7 Å². The standard InChI is InChI=1S/C12H21NOS/c1-12(2,6-8-14)10-13-7-5-11-4-3-9-15-11/h3-4,9,13-14H,5-8,10H2,1-2H3. The molecule has 0 atom stereocenters. The quantitative estimate of drug-likeness (QED) is 0.701. The van der Waals surface area contributed by atoms with Crippen LogP contribution in [0.3, 0.4) is 0 Å². The van der Waals surface area contributed by atoms with Crippen LogP contribution in [0.15, 0.2) is 17.5 Å². The molecule has 0 saturated heterocycles. The molecular weight excluding hydrogens is 206 g/mol. The van der Waals surface area contributed by atoms with Gasteiger partial charge in [-0.3, -0.25) is 0 Å². The van der Waals surface area contributed by atoms with Gasteiger partial charge in [0.1, 0.15) is 0 Å². The molecule has 86 valence electrons. The summed E-state index contributed by atoms with van der Waals surface area (Å²) >= 11 is 1.81. The van der Waals surface area contributed by atoms with Gasteiger partial charge >= 0.3 is 0 Å². The van der Waals surface area contributed by atoms with Crippen molar-refractivity contribution in [2.24, 2.45) is 5.41 Å². The van der Waals surface area contributed by atoms with Crippen LogP contribution in [-0.4, -0.2) is 24.8 Å². The molecular formula is C12H21NOS. The average molecular weight is 227 g/mol. The Hall–Kier alpha value is -0.380. The molecule has 0 aliphatic carbocycles. The van der Waals surface area contributed by atoms with Gasteiger partial charge in [0.25, 0.3) is 0 Å². The second-order valence-corrected chi connectivity index (χ2v) is 5.68. The monoisotopic (exact) mass is 227 g/mol. The third-order valence-corrected chi connectivity index (χ3v) is 3.46. The van der Waals surface area contributed by atoms with Gasteiger partial charge in [-0.1, -0.05) is 19.9 Å². The number of aliphatic hydroxyl groups is 1. The van der Waals surface area contributed by atoms with E-state index in [1.165, 1.54) is 4.88 Å². The number of hydrogen-bond acceptors (Lipinski definition) is 3. The van der Waals surface area contributed by atoms with Crippen LogP contribution in [0.5, 0.6) is 0 Å². The van der Waals surface area contributed by atoms with Crippen molar-refractivity contribution in [2.45, 2.75) is 26.7 Å². The molecule has 2 nitrogen and oxygen atoms in total. The molecule has 0 radical (unpaired) electrons. The number of rotatable bonds is 7. The molecule has 0 bridgehead atoms. The lowest BCUT2D eigenvalue weighted by atomic mass is 9.90. The van der Waals surface area contributed by atoms with Gasteiger partial charge in [0.15, 0.2) is 0 Å². The zero-order valence-corrected chi connectivity index (χ0v) is 10.4. The third-order valence-electron chi connectivity index (χ3n) is 2.52. The molecule has 1 heterocycles. The highest BCUT2D eigenvalue weighted by atomic mass is 32.1. The summed E-state index contributed by atoms with van der Waals surface area (Å²) in [5.74, 6) is 0. The Labute approximate surface area is 96.3 Å². The van der Waals surface area contributed by atoms with Crippen LogP contribution in [0.4, 0.5) is 0 Å². The fourth-order valence-electron chi connectivity index (χ4n) is 1.48. The fraction of sp³-hybridized carbons (Fsp3) is 0.667. The maximum Gasteiger partial charge on any atom is 0.0436 e. The van der Waals surface area contributed by atoms with Crippen molar-refractivity contribution in [1.82, 2.24) is 5.32 Å². The lowest BCUT2D eigenvalue weighted by Gasteiger charge is -2.23. The van der Waals surface area contributed by atoms with E-state index >= 15 is 0 Å². The Kier molecular flexibility index (Phi) is 5.29. The summed E-state index contributed by atoms with van der Waals surface area (Å²) in [4.78, 5) is 1.43. The normalized spacial score (nSPS) is 11.9. The average Bonchev–Trinajstić information content (AvgIpc) is 2.65. The van der Waals surface area contributed by atoms with Gasteiger partial charge in [-0.25, -0.2) is 0 Å². The maximum atomic E-state index is 8.88. The van der Waals surface area contributed by atoms with Crippen LogP contribution in [0.1, 0.15) is 25.1 Å². The molecule has 0 unspecified atom stereocenters. The van der Waals surface area contributed by atoms with E-state index in [1.54, 1.807) is 0 Å². The number of hydrogen-bond donors (Lipinski definition) is 2. The zero-order valence-electron chi connectivity index (χ0n) is 9.62. The molecule has 0 aromatic carbocycles. The molecule has 1 rings (SSSR count). The summed E-state index contributed by atoms with van der Waals surface area (Å²) in [6, 6.07) is 4.26. The maximum absolute atomic E-state index is 8.88. The van der Waals surface area contributed by atoms with Crippen LogP contribution in [0, 0.1) is 5.41 Å². The first-order chi connectivity index (χ1) is 7.14. The highest BCUT2D eigenvalue weighted by Crippen LogP contribution is 2.17. The molecule has 2 N–H and O–H groups in total. The lowest BCUT2D eigenvalue weighted by Crippen LogP contribution is -2.31. The summed E-state index contributed by atoms with van der Waals surface area (Å²) in [5.41, 5.74) is 0.199. The molecule has 0 saturated carbocycles. The highest BCUT2D eigenvalue weighted by Gasteiger charge is 2.15. The minimum atomic E-state index is 0.199. The SMILES string of the molecule is CC(C)(CCO)CNCCc1cccs1. The highest BCUT2D eigenvalue weighted by molar-refractivity contribution is 7.09. The Morgan fingerprint density at radius 1 is 1.47 bits per heavy atom. The first-order valence-corrected chi connectivity index (χ1v) is 6.36. The van der Waals surface area contributed by atoms with Crippen molar-refractivity contribution in [1.29, 1.82) is 0 Å². The van der Waals surface area contributed by atoms with E-state index in [-0.39, 0.29) is 12.0 Å². The van der Waals surface area contributed by atoms with Crippen molar-refractivity contribution in [2.75, 3.05) is 19.7 Å². The lowest BCUT2D eigenvalue weighted by molar-refractivity contribution is 0.207. The molecule has 1 aromatic heterocycles. The van der Waals surface area contributed by atoms with Gasteiger partial charge < -0.3 is 10.4 Å². The zero-order chi connectivity index (χ0) is 11.1. The van der Waals surface area contributed by atoms with Crippen molar-refractivity contribution >= 4 is 11.3 Å². The third kappa shape index (κ3) is 5.30. The Morgan fingerprint density at radius 3 is 2.87 bits per heavy atom. The van der Waals surface area contributed by atoms with Gasteiger partial charge in [0.05, 0.1) is 0 Å². The molecule has 3 heteroatoms. The van der Waals surface area contributed by atoms with Crippen molar-refractivity contribution in [3.8, 4) is 0 Å². The summed E-state index contributed by atoms with van der Waals surface area (Å²) < 4.78 is 0. The van der Waals surface area contributed by atoms with E-state index in [4.69, 9.17) is 5.11 Å². The summed E-state index contributed by atoms with van der Waals surface area (Å²) in [5, 5.41) is 14.4.